The predicted octanol–water partition coefficient (Wildman–Crippen LogP) is 2.50. The summed E-state index contributed by atoms with van der Waals surface area (Å²) in [7, 11) is 0. The molecule has 3 rings (SSSR count). The molecule has 2 aromatic rings. The zero-order valence-electron chi connectivity index (χ0n) is 11.8. The van der Waals surface area contributed by atoms with E-state index in [9.17, 15) is 4.79 Å². The number of hydrogen-bond acceptors (Lipinski definition) is 4. The molecule has 110 valence electrons. The third-order valence-electron chi connectivity index (χ3n) is 3.64. The second-order valence-corrected chi connectivity index (χ2v) is 6.27. The van der Waals surface area contributed by atoms with Crippen LogP contribution in [0.5, 0.6) is 0 Å². The van der Waals surface area contributed by atoms with E-state index in [1.807, 2.05) is 24.4 Å². The Labute approximate surface area is 131 Å². The first-order valence-corrected chi connectivity index (χ1v) is 7.85. The Bertz CT molecular complexity index is 676. The number of halogens is 1. The number of aromatic nitrogens is 2. The highest BCUT2D eigenvalue weighted by molar-refractivity contribution is 9.10. The van der Waals surface area contributed by atoms with Crippen molar-refractivity contribution < 1.29 is 4.79 Å². The monoisotopic (exact) mass is 348 g/mol. The SMILES string of the molecule is CC(=O)NC1CCCN(c2ncc3cc(Br)ccc3n2)C1. The summed E-state index contributed by atoms with van der Waals surface area (Å²) >= 11 is 3.45. The average Bonchev–Trinajstić information content (AvgIpc) is 2.46. The summed E-state index contributed by atoms with van der Waals surface area (Å²) in [6.45, 7) is 3.25. The van der Waals surface area contributed by atoms with Gasteiger partial charge in [0, 0.05) is 42.1 Å². The summed E-state index contributed by atoms with van der Waals surface area (Å²) in [4.78, 5) is 22.4. The Kier molecular flexibility index (Phi) is 4.05. The number of carbonyl (C=O) groups is 1. The van der Waals surface area contributed by atoms with E-state index in [0.717, 1.165) is 47.3 Å². The molecule has 2 heterocycles. The van der Waals surface area contributed by atoms with E-state index in [0.29, 0.717) is 0 Å². The van der Waals surface area contributed by atoms with Gasteiger partial charge < -0.3 is 10.2 Å². The van der Waals surface area contributed by atoms with Gasteiger partial charge in [-0.3, -0.25) is 4.79 Å². The lowest BCUT2D eigenvalue weighted by molar-refractivity contribution is -0.119. The van der Waals surface area contributed by atoms with Crippen molar-refractivity contribution in [3.63, 3.8) is 0 Å². The van der Waals surface area contributed by atoms with Gasteiger partial charge in [0.05, 0.1) is 5.52 Å². The van der Waals surface area contributed by atoms with Crippen molar-refractivity contribution in [2.75, 3.05) is 18.0 Å². The molecule has 1 amide bonds. The lowest BCUT2D eigenvalue weighted by Gasteiger charge is -2.33. The van der Waals surface area contributed by atoms with E-state index in [-0.39, 0.29) is 11.9 Å². The van der Waals surface area contributed by atoms with E-state index in [2.05, 4.69) is 36.1 Å². The van der Waals surface area contributed by atoms with E-state index >= 15 is 0 Å². The molecule has 1 aromatic carbocycles. The number of benzene rings is 1. The molecule has 6 heteroatoms. The van der Waals surface area contributed by atoms with Crippen LogP contribution in [-0.4, -0.2) is 35.0 Å². The molecule has 1 N–H and O–H groups in total. The fourth-order valence-corrected chi connectivity index (χ4v) is 3.09. The van der Waals surface area contributed by atoms with Gasteiger partial charge in [-0.25, -0.2) is 9.97 Å². The van der Waals surface area contributed by atoms with Crippen LogP contribution in [0.1, 0.15) is 19.8 Å². The number of rotatable bonds is 2. The maximum Gasteiger partial charge on any atom is 0.225 e. The van der Waals surface area contributed by atoms with Crippen LogP contribution in [0, 0.1) is 0 Å². The normalized spacial score (nSPS) is 18.8. The first-order valence-electron chi connectivity index (χ1n) is 7.06. The Balaban J connectivity index is 1.82. The summed E-state index contributed by atoms with van der Waals surface area (Å²) in [5.41, 5.74) is 0.935. The van der Waals surface area contributed by atoms with Crippen molar-refractivity contribution in [1.82, 2.24) is 15.3 Å². The van der Waals surface area contributed by atoms with Crippen molar-refractivity contribution in [2.24, 2.45) is 0 Å². The Morgan fingerprint density at radius 1 is 1.48 bits per heavy atom. The number of amides is 1. The average molecular weight is 349 g/mol. The molecule has 1 fully saturated rings. The van der Waals surface area contributed by atoms with Gasteiger partial charge in [0.1, 0.15) is 0 Å². The first-order chi connectivity index (χ1) is 10.1. The maximum atomic E-state index is 11.2. The van der Waals surface area contributed by atoms with Gasteiger partial charge in [0.25, 0.3) is 0 Å². The number of anilines is 1. The molecule has 1 aliphatic rings. The number of carbonyl (C=O) groups excluding carboxylic acids is 1. The minimum absolute atomic E-state index is 0.0196. The Morgan fingerprint density at radius 2 is 2.33 bits per heavy atom. The van der Waals surface area contributed by atoms with Crippen LogP contribution in [0.15, 0.2) is 28.9 Å². The van der Waals surface area contributed by atoms with Crippen LogP contribution in [0.25, 0.3) is 10.9 Å². The first kappa shape index (κ1) is 14.3. The van der Waals surface area contributed by atoms with Crippen LogP contribution in [0.4, 0.5) is 5.95 Å². The molecule has 21 heavy (non-hydrogen) atoms. The van der Waals surface area contributed by atoms with Gasteiger partial charge in [-0.15, -0.1) is 0 Å². The van der Waals surface area contributed by atoms with Gasteiger partial charge in [-0.2, -0.15) is 0 Å². The van der Waals surface area contributed by atoms with Gasteiger partial charge in [-0.1, -0.05) is 15.9 Å². The van der Waals surface area contributed by atoms with E-state index in [1.165, 1.54) is 0 Å². The molecule has 1 unspecified atom stereocenters. The highest BCUT2D eigenvalue weighted by Crippen LogP contribution is 2.21. The summed E-state index contributed by atoms with van der Waals surface area (Å²) in [5, 5.41) is 4.00. The van der Waals surface area contributed by atoms with E-state index in [4.69, 9.17) is 0 Å². The quantitative estimate of drug-likeness (QED) is 0.905. The minimum Gasteiger partial charge on any atom is -0.352 e. The zero-order chi connectivity index (χ0) is 14.8. The maximum absolute atomic E-state index is 11.2. The van der Waals surface area contributed by atoms with Crippen molar-refractivity contribution in [2.45, 2.75) is 25.8 Å². The molecule has 0 aliphatic carbocycles. The van der Waals surface area contributed by atoms with Crippen molar-refractivity contribution >= 4 is 38.7 Å². The summed E-state index contributed by atoms with van der Waals surface area (Å²) in [5.74, 6) is 0.756. The highest BCUT2D eigenvalue weighted by atomic mass is 79.9. The van der Waals surface area contributed by atoms with Crippen molar-refractivity contribution in [3.8, 4) is 0 Å². The van der Waals surface area contributed by atoms with Crippen LogP contribution in [-0.2, 0) is 4.79 Å². The number of piperidine rings is 1. The van der Waals surface area contributed by atoms with E-state index in [1.54, 1.807) is 6.92 Å². The molecular weight excluding hydrogens is 332 g/mol. The standard InChI is InChI=1S/C15H17BrN4O/c1-10(21)18-13-3-2-6-20(9-13)15-17-8-11-7-12(16)4-5-14(11)19-15/h4-5,7-8,13H,2-3,6,9H2,1H3,(H,18,21). The van der Waals surface area contributed by atoms with Gasteiger partial charge in [-0.05, 0) is 31.0 Å². The summed E-state index contributed by atoms with van der Waals surface area (Å²) in [6.07, 6.45) is 3.90. The fraction of sp³-hybridized carbons (Fsp3) is 0.400. The summed E-state index contributed by atoms with van der Waals surface area (Å²) in [6, 6.07) is 6.16. The third kappa shape index (κ3) is 3.32. The second-order valence-electron chi connectivity index (χ2n) is 5.36. The topological polar surface area (TPSA) is 58.1 Å². The smallest absolute Gasteiger partial charge is 0.225 e. The highest BCUT2D eigenvalue weighted by Gasteiger charge is 2.22. The van der Waals surface area contributed by atoms with Crippen molar-refractivity contribution in [3.05, 3.63) is 28.9 Å². The van der Waals surface area contributed by atoms with Crippen molar-refractivity contribution in [1.29, 1.82) is 0 Å². The van der Waals surface area contributed by atoms with Gasteiger partial charge >= 0.3 is 0 Å². The molecule has 1 aromatic heterocycles. The van der Waals surface area contributed by atoms with Crippen LogP contribution < -0.4 is 10.2 Å². The predicted molar refractivity (Wildman–Crippen MR) is 86.3 cm³/mol. The van der Waals surface area contributed by atoms with Crippen LogP contribution >= 0.6 is 15.9 Å². The number of fused-ring (bicyclic) bond motifs is 1. The summed E-state index contributed by atoms with van der Waals surface area (Å²) < 4.78 is 1.02. The number of nitrogens with one attached hydrogen (secondary N) is 1. The Morgan fingerprint density at radius 3 is 3.14 bits per heavy atom. The molecule has 0 radical (unpaired) electrons. The number of hydrogen-bond donors (Lipinski definition) is 1. The molecule has 0 bridgehead atoms. The molecule has 0 saturated carbocycles. The third-order valence-corrected chi connectivity index (χ3v) is 4.13. The van der Waals surface area contributed by atoms with Gasteiger partial charge in [0.2, 0.25) is 11.9 Å². The second kappa shape index (κ2) is 5.97. The van der Waals surface area contributed by atoms with Crippen LogP contribution in [0.3, 0.4) is 0 Å². The number of nitrogens with zero attached hydrogens (tertiary/aromatic N) is 3. The Hall–Kier alpha value is -1.69. The van der Waals surface area contributed by atoms with Crippen LogP contribution in [0.2, 0.25) is 0 Å². The molecule has 0 spiro atoms. The molecule has 5 nitrogen and oxygen atoms in total. The lowest BCUT2D eigenvalue weighted by Crippen LogP contribution is -2.47. The zero-order valence-corrected chi connectivity index (χ0v) is 13.4. The molecular formula is C15H17BrN4O. The minimum atomic E-state index is 0.0196. The lowest BCUT2D eigenvalue weighted by atomic mass is 10.1. The largest absolute Gasteiger partial charge is 0.352 e. The van der Waals surface area contributed by atoms with E-state index < -0.39 is 0 Å². The molecule has 1 aliphatic heterocycles. The molecule has 1 atom stereocenters. The fourth-order valence-electron chi connectivity index (χ4n) is 2.71. The van der Waals surface area contributed by atoms with Gasteiger partial charge in [0.15, 0.2) is 0 Å². The molecule has 1 saturated heterocycles.